The van der Waals surface area contributed by atoms with Gasteiger partial charge in [-0.1, -0.05) is 13.3 Å². The van der Waals surface area contributed by atoms with Crippen LogP contribution in [0.15, 0.2) is 36.5 Å². The van der Waals surface area contributed by atoms with E-state index in [1.165, 1.54) is 0 Å². The number of nitrogens with zero attached hydrogens (tertiary/aromatic N) is 3. The molecule has 0 bridgehead atoms. The minimum atomic E-state index is -5.07. The van der Waals surface area contributed by atoms with Gasteiger partial charge in [-0.2, -0.15) is 26.3 Å². The first-order valence-corrected chi connectivity index (χ1v) is 11.3. The normalized spacial score (nSPS) is 14.2. The van der Waals surface area contributed by atoms with Crippen molar-refractivity contribution >= 4 is 11.8 Å². The van der Waals surface area contributed by atoms with E-state index >= 15 is 0 Å². The quantitative estimate of drug-likeness (QED) is 0.425. The number of carbonyl (C=O) groups is 2. The molecule has 1 saturated carbocycles. The van der Waals surface area contributed by atoms with Crippen LogP contribution in [-0.4, -0.2) is 45.3 Å². The summed E-state index contributed by atoms with van der Waals surface area (Å²) in [5.74, 6) is -1.45. The molecule has 0 atom stereocenters. The van der Waals surface area contributed by atoms with Crippen molar-refractivity contribution in [2.75, 3.05) is 13.1 Å². The van der Waals surface area contributed by atoms with E-state index in [0.717, 1.165) is 23.4 Å². The van der Waals surface area contributed by atoms with Gasteiger partial charge in [-0.3, -0.25) is 9.59 Å². The molecule has 0 unspecified atom stereocenters. The molecule has 1 aromatic heterocycles. The van der Waals surface area contributed by atoms with Gasteiger partial charge in [-0.05, 0) is 49.6 Å². The molecule has 0 spiro atoms. The summed E-state index contributed by atoms with van der Waals surface area (Å²) in [5.41, 5.74) is -3.03. The maximum Gasteiger partial charge on any atom is 0.416 e. The Kier molecular flexibility index (Phi) is 7.86. The number of aromatic nitrogens is 1. The lowest BCUT2D eigenvalue weighted by Gasteiger charge is -2.28. The zero-order valence-electron chi connectivity index (χ0n) is 19.4. The highest BCUT2D eigenvalue weighted by molar-refractivity contribution is 5.97. The molecular weight excluding hydrogens is 476 g/mol. The van der Waals surface area contributed by atoms with E-state index in [9.17, 15) is 35.9 Å². The Morgan fingerprint density at radius 2 is 1.63 bits per heavy atom. The highest BCUT2D eigenvalue weighted by Crippen LogP contribution is 2.36. The topological polar surface area (TPSA) is 45.6 Å². The minimum Gasteiger partial charge on any atom is -0.353 e. The number of unbranched alkanes of at least 4 members (excludes halogenated alkanes) is 1. The van der Waals surface area contributed by atoms with Crippen molar-refractivity contribution in [3.63, 3.8) is 0 Å². The van der Waals surface area contributed by atoms with Gasteiger partial charge in [0.25, 0.3) is 5.91 Å². The lowest BCUT2D eigenvalue weighted by molar-refractivity contribution is -0.143. The van der Waals surface area contributed by atoms with Gasteiger partial charge < -0.3 is 14.4 Å². The SMILES string of the molecule is CCCCN(CC(=O)N(Cc1cccn1C)C1CC1)C(=O)c1cc(C(F)(F)F)cc(C(F)(F)F)c1. The first-order chi connectivity index (χ1) is 16.3. The van der Waals surface area contributed by atoms with E-state index in [1.54, 1.807) is 4.90 Å². The number of rotatable bonds is 9. The van der Waals surface area contributed by atoms with Crippen LogP contribution in [0.25, 0.3) is 0 Å². The molecule has 1 aromatic carbocycles. The molecule has 11 heteroatoms. The third-order valence-electron chi connectivity index (χ3n) is 5.92. The Balaban J connectivity index is 1.89. The molecule has 0 N–H and O–H groups in total. The van der Waals surface area contributed by atoms with Crippen LogP contribution < -0.4 is 0 Å². The van der Waals surface area contributed by atoms with Crippen LogP contribution in [0.1, 0.15) is 59.8 Å². The maximum absolute atomic E-state index is 13.3. The van der Waals surface area contributed by atoms with Crippen molar-refractivity contribution in [3.8, 4) is 0 Å². The van der Waals surface area contributed by atoms with Gasteiger partial charge in [0.15, 0.2) is 0 Å². The first-order valence-electron chi connectivity index (χ1n) is 11.3. The zero-order chi connectivity index (χ0) is 26.0. The van der Waals surface area contributed by atoms with Gasteiger partial charge in [0.1, 0.15) is 6.54 Å². The molecular formula is C24H27F6N3O2. The molecule has 2 amide bonds. The Morgan fingerprint density at radius 3 is 2.09 bits per heavy atom. The van der Waals surface area contributed by atoms with Gasteiger partial charge in [-0.25, -0.2) is 0 Å². The van der Waals surface area contributed by atoms with Gasteiger partial charge >= 0.3 is 12.4 Å². The van der Waals surface area contributed by atoms with Crippen LogP contribution in [0, 0.1) is 0 Å². The van der Waals surface area contributed by atoms with Gasteiger partial charge in [-0.15, -0.1) is 0 Å². The second-order valence-corrected chi connectivity index (χ2v) is 8.74. The predicted molar refractivity (Wildman–Crippen MR) is 116 cm³/mol. The van der Waals surface area contributed by atoms with Crippen molar-refractivity contribution in [2.45, 2.75) is 57.5 Å². The Hall–Kier alpha value is -2.98. The second-order valence-electron chi connectivity index (χ2n) is 8.74. The molecule has 1 aliphatic carbocycles. The molecule has 2 aromatic rings. The highest BCUT2D eigenvalue weighted by Gasteiger charge is 2.39. The summed E-state index contributed by atoms with van der Waals surface area (Å²) < 4.78 is 81.5. The largest absolute Gasteiger partial charge is 0.416 e. The summed E-state index contributed by atoms with van der Waals surface area (Å²) in [7, 11) is 1.83. The average molecular weight is 503 g/mol. The highest BCUT2D eigenvalue weighted by atomic mass is 19.4. The van der Waals surface area contributed by atoms with Crippen molar-refractivity contribution in [3.05, 3.63) is 58.9 Å². The van der Waals surface area contributed by atoms with E-state index < -0.39 is 47.4 Å². The van der Waals surface area contributed by atoms with Crippen LogP contribution in [0.3, 0.4) is 0 Å². The summed E-state index contributed by atoms with van der Waals surface area (Å²) in [6.07, 6.45) is -5.68. The third kappa shape index (κ3) is 6.79. The molecule has 1 fully saturated rings. The maximum atomic E-state index is 13.3. The lowest BCUT2D eigenvalue weighted by Crippen LogP contribution is -2.44. The number of aryl methyl sites for hydroxylation is 1. The molecule has 0 radical (unpaired) electrons. The third-order valence-corrected chi connectivity index (χ3v) is 5.92. The predicted octanol–water partition coefficient (Wildman–Crippen LogP) is 5.50. The molecule has 3 rings (SSSR count). The van der Waals surface area contributed by atoms with Gasteiger partial charge in [0, 0.05) is 37.1 Å². The van der Waals surface area contributed by atoms with Gasteiger partial charge in [0.2, 0.25) is 5.91 Å². The van der Waals surface area contributed by atoms with E-state index in [-0.39, 0.29) is 18.7 Å². The van der Waals surface area contributed by atoms with E-state index in [2.05, 4.69) is 0 Å². The van der Waals surface area contributed by atoms with Crippen LogP contribution in [0.5, 0.6) is 0 Å². The van der Waals surface area contributed by atoms with Crippen LogP contribution in [-0.2, 0) is 30.7 Å². The molecule has 192 valence electrons. The number of hydrogen-bond acceptors (Lipinski definition) is 2. The summed E-state index contributed by atoms with van der Waals surface area (Å²) in [4.78, 5) is 29.0. The molecule has 1 aliphatic rings. The molecule has 1 heterocycles. The summed E-state index contributed by atoms with van der Waals surface area (Å²) >= 11 is 0. The smallest absolute Gasteiger partial charge is 0.353 e. The fourth-order valence-electron chi connectivity index (χ4n) is 3.76. The van der Waals surface area contributed by atoms with Crippen LogP contribution in [0.4, 0.5) is 26.3 Å². The number of amides is 2. The average Bonchev–Trinajstić information content (AvgIpc) is 3.54. The first kappa shape index (κ1) is 26.6. The molecule has 0 saturated heterocycles. The molecule has 5 nitrogen and oxygen atoms in total. The number of benzene rings is 1. The van der Waals surface area contributed by atoms with E-state index in [1.807, 2.05) is 36.9 Å². The minimum absolute atomic E-state index is 0.00841. The zero-order valence-corrected chi connectivity index (χ0v) is 19.4. The van der Waals surface area contributed by atoms with Crippen molar-refractivity contribution in [1.29, 1.82) is 0 Å². The van der Waals surface area contributed by atoms with Crippen LogP contribution in [0.2, 0.25) is 0 Å². The van der Waals surface area contributed by atoms with Crippen LogP contribution >= 0.6 is 0 Å². The monoisotopic (exact) mass is 503 g/mol. The Labute approximate surface area is 199 Å². The number of hydrogen-bond donors (Lipinski definition) is 0. The summed E-state index contributed by atoms with van der Waals surface area (Å²) in [6.45, 7) is 1.71. The number of halogens is 6. The van der Waals surface area contributed by atoms with Crippen molar-refractivity contribution in [2.24, 2.45) is 7.05 Å². The standard InChI is InChI=1S/C24H27F6N3O2/c1-3-4-10-32(15-21(34)33(19-7-8-19)14-20-6-5-9-31(20)2)22(35)16-11-17(23(25,26)27)13-18(12-16)24(28,29)30/h5-6,9,11-13,19H,3-4,7-8,10,14-15H2,1-2H3. The molecule has 0 aliphatic heterocycles. The summed E-state index contributed by atoms with van der Waals surface area (Å²) in [5, 5.41) is 0. The van der Waals surface area contributed by atoms with Crippen molar-refractivity contribution in [1.82, 2.24) is 14.4 Å². The second kappa shape index (κ2) is 10.3. The fraction of sp³-hybridized carbons (Fsp3) is 0.500. The van der Waals surface area contributed by atoms with Gasteiger partial charge in [0.05, 0.1) is 17.7 Å². The van der Waals surface area contributed by atoms with E-state index in [4.69, 9.17) is 0 Å². The fourth-order valence-corrected chi connectivity index (χ4v) is 3.76. The Morgan fingerprint density at radius 1 is 1.03 bits per heavy atom. The molecule has 35 heavy (non-hydrogen) atoms. The van der Waals surface area contributed by atoms with Crippen molar-refractivity contribution < 1.29 is 35.9 Å². The van der Waals surface area contributed by atoms with E-state index in [0.29, 0.717) is 31.5 Å². The number of carbonyl (C=O) groups excluding carboxylic acids is 2. The number of alkyl halides is 6. The summed E-state index contributed by atoms with van der Waals surface area (Å²) in [6, 6.07) is 4.46. The Bertz CT molecular complexity index is 1020. The lowest BCUT2D eigenvalue weighted by atomic mass is 10.0.